The average Bonchev–Trinajstić information content (AvgIpc) is 2.80. The Bertz CT molecular complexity index is 1240. The minimum atomic E-state index is -0.200. The van der Waals surface area contributed by atoms with E-state index in [1.54, 1.807) is 30.6 Å². The van der Waals surface area contributed by atoms with Crippen molar-refractivity contribution in [1.29, 1.82) is 0 Å². The fourth-order valence-electron chi connectivity index (χ4n) is 3.42. The van der Waals surface area contributed by atoms with Crippen molar-refractivity contribution in [2.24, 2.45) is 0 Å². The van der Waals surface area contributed by atoms with E-state index in [1.807, 2.05) is 37.3 Å². The van der Waals surface area contributed by atoms with Gasteiger partial charge >= 0.3 is 0 Å². The minimum Gasteiger partial charge on any atom is -0.357 e. The number of nitrogens with one attached hydrogen (secondary N) is 2. The second-order valence-electron chi connectivity index (χ2n) is 7.25. The molecule has 4 rings (SSSR count). The topological polar surface area (TPSA) is 95.9 Å². The van der Waals surface area contributed by atoms with Crippen molar-refractivity contribution in [3.05, 3.63) is 72.3 Å². The van der Waals surface area contributed by atoms with Crippen molar-refractivity contribution in [2.45, 2.75) is 20.8 Å². The molecule has 0 bridgehead atoms. The lowest BCUT2D eigenvalue weighted by atomic mass is 10.1. The van der Waals surface area contributed by atoms with Crippen LogP contribution in [0.25, 0.3) is 11.0 Å². The van der Waals surface area contributed by atoms with Gasteiger partial charge < -0.3 is 15.5 Å². The number of amides is 1. The van der Waals surface area contributed by atoms with Crippen LogP contribution in [0.15, 0.2) is 60.9 Å². The summed E-state index contributed by atoms with van der Waals surface area (Å²) in [5.74, 6) is 2.14. The van der Waals surface area contributed by atoms with Crippen molar-refractivity contribution in [1.82, 2.24) is 19.9 Å². The number of carbonyl (C=O) groups is 1. The standard InChI is InChI=1S/C24H25N7O/c1-4-31(5-2)23-15-22(27-16(3)28-23)29-18-7-9-19(10-8-18)30-24(32)17-6-11-20-21(14-17)26-13-12-25-20/h6-15H,4-5H2,1-3H3,(H,30,32)(H,27,28,29). The van der Waals surface area contributed by atoms with E-state index in [2.05, 4.69) is 49.3 Å². The van der Waals surface area contributed by atoms with E-state index in [1.165, 1.54) is 0 Å². The van der Waals surface area contributed by atoms with Gasteiger partial charge in [0.05, 0.1) is 11.0 Å². The molecule has 162 valence electrons. The Morgan fingerprint density at radius 1 is 0.875 bits per heavy atom. The molecule has 1 amide bonds. The van der Waals surface area contributed by atoms with Crippen molar-refractivity contribution in [3.8, 4) is 0 Å². The molecule has 2 aromatic heterocycles. The molecule has 0 radical (unpaired) electrons. The lowest BCUT2D eigenvalue weighted by Gasteiger charge is -2.20. The highest BCUT2D eigenvalue weighted by Crippen LogP contribution is 2.22. The van der Waals surface area contributed by atoms with Gasteiger partial charge in [0.25, 0.3) is 5.91 Å². The SMILES string of the molecule is CCN(CC)c1cc(Nc2ccc(NC(=O)c3ccc4nccnc4c3)cc2)nc(C)n1. The van der Waals surface area contributed by atoms with Crippen LogP contribution < -0.4 is 15.5 Å². The molecule has 8 heteroatoms. The molecule has 0 aliphatic heterocycles. The van der Waals surface area contributed by atoms with Crippen LogP contribution in [0, 0.1) is 6.92 Å². The number of benzene rings is 2. The predicted molar refractivity (Wildman–Crippen MR) is 128 cm³/mol. The zero-order chi connectivity index (χ0) is 22.5. The van der Waals surface area contributed by atoms with Gasteiger partial charge in [0, 0.05) is 48.5 Å². The van der Waals surface area contributed by atoms with Gasteiger partial charge in [-0.05, 0) is 63.2 Å². The monoisotopic (exact) mass is 427 g/mol. The number of hydrogen-bond donors (Lipinski definition) is 2. The average molecular weight is 428 g/mol. The number of anilines is 4. The largest absolute Gasteiger partial charge is 0.357 e. The minimum absolute atomic E-state index is 0.200. The normalized spacial score (nSPS) is 10.7. The molecule has 2 aromatic carbocycles. The molecular weight excluding hydrogens is 402 g/mol. The van der Waals surface area contributed by atoms with Gasteiger partial charge in [-0.25, -0.2) is 9.97 Å². The van der Waals surface area contributed by atoms with E-state index < -0.39 is 0 Å². The zero-order valence-corrected chi connectivity index (χ0v) is 18.3. The lowest BCUT2D eigenvalue weighted by molar-refractivity contribution is 0.102. The summed E-state index contributed by atoms with van der Waals surface area (Å²) in [5, 5.41) is 6.23. The summed E-state index contributed by atoms with van der Waals surface area (Å²) in [7, 11) is 0. The Balaban J connectivity index is 1.45. The first-order valence-electron chi connectivity index (χ1n) is 10.6. The molecule has 8 nitrogen and oxygen atoms in total. The molecule has 0 spiro atoms. The van der Waals surface area contributed by atoms with Crippen molar-refractivity contribution in [3.63, 3.8) is 0 Å². The van der Waals surface area contributed by atoms with Crippen molar-refractivity contribution >= 4 is 40.0 Å². The Labute approximate surface area is 186 Å². The van der Waals surface area contributed by atoms with Crippen LogP contribution >= 0.6 is 0 Å². The summed E-state index contributed by atoms with van der Waals surface area (Å²) in [6.45, 7) is 7.85. The van der Waals surface area contributed by atoms with E-state index in [9.17, 15) is 4.79 Å². The Morgan fingerprint density at radius 2 is 1.56 bits per heavy atom. The summed E-state index contributed by atoms with van der Waals surface area (Å²) in [6, 6.07) is 14.7. The first-order valence-corrected chi connectivity index (χ1v) is 10.6. The van der Waals surface area contributed by atoms with Gasteiger partial charge in [0.15, 0.2) is 0 Å². The molecule has 4 aromatic rings. The van der Waals surface area contributed by atoms with Gasteiger partial charge in [-0.15, -0.1) is 0 Å². The highest BCUT2D eigenvalue weighted by Gasteiger charge is 2.10. The number of aryl methyl sites for hydroxylation is 1. The Hall–Kier alpha value is -4.07. The maximum absolute atomic E-state index is 12.6. The molecule has 0 atom stereocenters. The maximum Gasteiger partial charge on any atom is 0.255 e. The molecule has 2 N–H and O–H groups in total. The predicted octanol–water partition coefficient (Wildman–Crippen LogP) is 4.57. The van der Waals surface area contributed by atoms with Crippen LogP contribution in [-0.4, -0.2) is 38.9 Å². The van der Waals surface area contributed by atoms with E-state index in [0.29, 0.717) is 22.6 Å². The van der Waals surface area contributed by atoms with Crippen LogP contribution in [0.5, 0.6) is 0 Å². The number of aromatic nitrogens is 4. The molecule has 0 saturated heterocycles. The quantitative estimate of drug-likeness (QED) is 0.446. The molecule has 0 fully saturated rings. The molecule has 0 aliphatic rings. The molecule has 2 heterocycles. The number of nitrogens with zero attached hydrogens (tertiary/aromatic N) is 5. The molecule has 0 unspecified atom stereocenters. The fourth-order valence-corrected chi connectivity index (χ4v) is 3.42. The summed E-state index contributed by atoms with van der Waals surface area (Å²) < 4.78 is 0. The highest BCUT2D eigenvalue weighted by molar-refractivity contribution is 6.05. The Kier molecular flexibility index (Phi) is 6.21. The molecule has 0 aliphatic carbocycles. The van der Waals surface area contributed by atoms with Crippen LogP contribution in [0.4, 0.5) is 23.0 Å². The molecule has 32 heavy (non-hydrogen) atoms. The summed E-state index contributed by atoms with van der Waals surface area (Å²) in [5.41, 5.74) is 3.53. The van der Waals surface area contributed by atoms with Gasteiger partial charge in [0.1, 0.15) is 17.5 Å². The summed E-state index contributed by atoms with van der Waals surface area (Å²) in [4.78, 5) is 32.3. The van der Waals surface area contributed by atoms with Gasteiger partial charge in [-0.2, -0.15) is 0 Å². The first kappa shape index (κ1) is 21.2. The third-order valence-corrected chi connectivity index (χ3v) is 5.06. The maximum atomic E-state index is 12.6. The van der Waals surface area contributed by atoms with Crippen LogP contribution in [0.2, 0.25) is 0 Å². The second-order valence-corrected chi connectivity index (χ2v) is 7.25. The van der Waals surface area contributed by atoms with E-state index in [4.69, 9.17) is 0 Å². The molecule has 0 saturated carbocycles. The third kappa shape index (κ3) is 4.80. The highest BCUT2D eigenvalue weighted by atomic mass is 16.1. The molecular formula is C24H25N7O. The van der Waals surface area contributed by atoms with E-state index in [0.717, 1.165) is 35.9 Å². The second kappa shape index (κ2) is 9.38. The smallest absolute Gasteiger partial charge is 0.255 e. The summed E-state index contributed by atoms with van der Waals surface area (Å²) in [6.07, 6.45) is 3.24. The van der Waals surface area contributed by atoms with E-state index in [-0.39, 0.29) is 5.91 Å². The van der Waals surface area contributed by atoms with E-state index >= 15 is 0 Å². The van der Waals surface area contributed by atoms with Crippen LogP contribution in [-0.2, 0) is 0 Å². The number of hydrogen-bond acceptors (Lipinski definition) is 7. The summed E-state index contributed by atoms with van der Waals surface area (Å²) >= 11 is 0. The fraction of sp³-hybridized carbons (Fsp3) is 0.208. The number of rotatable bonds is 7. The Morgan fingerprint density at radius 3 is 2.28 bits per heavy atom. The lowest BCUT2D eigenvalue weighted by Crippen LogP contribution is -2.23. The zero-order valence-electron chi connectivity index (χ0n) is 18.3. The van der Waals surface area contributed by atoms with Crippen LogP contribution in [0.1, 0.15) is 30.0 Å². The van der Waals surface area contributed by atoms with Gasteiger partial charge in [-0.3, -0.25) is 14.8 Å². The van der Waals surface area contributed by atoms with Gasteiger partial charge in [0.2, 0.25) is 0 Å². The van der Waals surface area contributed by atoms with Crippen LogP contribution in [0.3, 0.4) is 0 Å². The van der Waals surface area contributed by atoms with Crippen molar-refractivity contribution < 1.29 is 4.79 Å². The first-order chi connectivity index (χ1) is 15.6. The van der Waals surface area contributed by atoms with Gasteiger partial charge in [-0.1, -0.05) is 0 Å². The number of carbonyl (C=O) groups excluding carboxylic acids is 1. The number of fused-ring (bicyclic) bond motifs is 1. The third-order valence-electron chi connectivity index (χ3n) is 5.06. The van der Waals surface area contributed by atoms with Crippen molar-refractivity contribution in [2.75, 3.05) is 28.6 Å².